The number of rotatable bonds is 6. The number of hydrogen-bond acceptors (Lipinski definition) is 3. The van der Waals surface area contributed by atoms with Crippen LogP contribution >= 0.6 is 23.4 Å². The van der Waals surface area contributed by atoms with Gasteiger partial charge in [0.05, 0.1) is 5.25 Å². The van der Waals surface area contributed by atoms with E-state index in [2.05, 4.69) is 10.6 Å². The maximum Gasteiger partial charge on any atom is 0.255 e. The van der Waals surface area contributed by atoms with Crippen molar-refractivity contribution in [1.29, 1.82) is 0 Å². The van der Waals surface area contributed by atoms with Crippen molar-refractivity contribution in [2.24, 2.45) is 0 Å². The molecule has 1 unspecified atom stereocenters. The van der Waals surface area contributed by atoms with E-state index >= 15 is 0 Å². The van der Waals surface area contributed by atoms with E-state index in [1.807, 2.05) is 56.3 Å². The van der Waals surface area contributed by atoms with Gasteiger partial charge in [-0.05, 0) is 67.9 Å². The molecule has 2 amide bonds. The Hall–Kier alpha value is -2.76. The molecular weight excluding hydrogens is 404 g/mol. The van der Waals surface area contributed by atoms with E-state index in [-0.39, 0.29) is 17.1 Å². The third-order valence-corrected chi connectivity index (χ3v) is 5.62. The third-order valence-electron chi connectivity index (χ3n) is 4.28. The van der Waals surface area contributed by atoms with Crippen LogP contribution in [-0.2, 0) is 4.79 Å². The highest BCUT2D eigenvalue weighted by Gasteiger charge is 2.15. The predicted octanol–water partition coefficient (Wildman–Crippen LogP) is 6.02. The predicted molar refractivity (Wildman–Crippen MR) is 121 cm³/mol. The first kappa shape index (κ1) is 21.0. The number of thioether (sulfide) groups is 1. The summed E-state index contributed by atoms with van der Waals surface area (Å²) in [6, 6.07) is 21.9. The number of nitrogens with one attached hydrogen (secondary N) is 2. The molecule has 4 nitrogen and oxygen atoms in total. The topological polar surface area (TPSA) is 58.2 Å². The average molecular weight is 425 g/mol. The van der Waals surface area contributed by atoms with Crippen LogP contribution in [0.1, 0.15) is 22.8 Å². The van der Waals surface area contributed by atoms with Crippen molar-refractivity contribution in [3.05, 3.63) is 88.9 Å². The van der Waals surface area contributed by atoms with Crippen molar-refractivity contribution in [3.63, 3.8) is 0 Å². The molecule has 3 rings (SSSR count). The van der Waals surface area contributed by atoms with Gasteiger partial charge in [0.15, 0.2) is 0 Å². The minimum Gasteiger partial charge on any atom is -0.325 e. The Morgan fingerprint density at radius 2 is 1.62 bits per heavy atom. The number of anilines is 2. The van der Waals surface area contributed by atoms with E-state index in [9.17, 15) is 9.59 Å². The Kier molecular flexibility index (Phi) is 6.96. The van der Waals surface area contributed by atoms with Gasteiger partial charge in [0, 0.05) is 26.9 Å². The second kappa shape index (κ2) is 9.63. The van der Waals surface area contributed by atoms with Gasteiger partial charge in [-0.3, -0.25) is 9.59 Å². The highest BCUT2D eigenvalue weighted by atomic mass is 35.5. The lowest BCUT2D eigenvalue weighted by Crippen LogP contribution is -2.22. The highest BCUT2D eigenvalue weighted by molar-refractivity contribution is 8.00. The van der Waals surface area contributed by atoms with Gasteiger partial charge in [-0.15, -0.1) is 11.8 Å². The molecule has 0 aliphatic heterocycles. The fourth-order valence-electron chi connectivity index (χ4n) is 2.71. The fourth-order valence-corrected chi connectivity index (χ4v) is 3.76. The lowest BCUT2D eigenvalue weighted by atomic mass is 10.1. The van der Waals surface area contributed by atoms with Crippen LogP contribution in [0.3, 0.4) is 0 Å². The van der Waals surface area contributed by atoms with E-state index in [0.717, 1.165) is 10.5 Å². The van der Waals surface area contributed by atoms with Gasteiger partial charge in [-0.2, -0.15) is 0 Å². The van der Waals surface area contributed by atoms with E-state index in [1.165, 1.54) is 11.8 Å². The largest absolute Gasteiger partial charge is 0.325 e. The molecule has 3 aromatic rings. The number of benzene rings is 3. The molecule has 0 spiro atoms. The fraction of sp³-hybridized carbons (Fsp3) is 0.130. The summed E-state index contributed by atoms with van der Waals surface area (Å²) in [7, 11) is 0. The van der Waals surface area contributed by atoms with Gasteiger partial charge in [0.25, 0.3) is 5.91 Å². The zero-order chi connectivity index (χ0) is 20.8. The van der Waals surface area contributed by atoms with Crippen LogP contribution < -0.4 is 10.6 Å². The summed E-state index contributed by atoms with van der Waals surface area (Å²) in [5, 5.41) is 6.11. The van der Waals surface area contributed by atoms with Crippen LogP contribution in [0.15, 0.2) is 77.7 Å². The summed E-state index contributed by atoms with van der Waals surface area (Å²) >= 11 is 7.29. The van der Waals surface area contributed by atoms with E-state index in [1.54, 1.807) is 30.3 Å². The van der Waals surface area contributed by atoms with Crippen LogP contribution in [0.25, 0.3) is 0 Å². The maximum atomic E-state index is 12.5. The number of amides is 2. The third kappa shape index (κ3) is 5.86. The Bertz CT molecular complexity index is 1020. The van der Waals surface area contributed by atoms with Gasteiger partial charge < -0.3 is 10.6 Å². The Balaban J connectivity index is 1.63. The van der Waals surface area contributed by atoms with E-state index < -0.39 is 0 Å². The summed E-state index contributed by atoms with van der Waals surface area (Å²) in [5.74, 6) is -0.259. The van der Waals surface area contributed by atoms with Gasteiger partial charge >= 0.3 is 0 Å². The van der Waals surface area contributed by atoms with Crippen molar-refractivity contribution in [2.45, 2.75) is 24.0 Å². The number of aryl methyl sites for hydroxylation is 1. The van der Waals surface area contributed by atoms with Crippen LogP contribution in [0.5, 0.6) is 0 Å². The Morgan fingerprint density at radius 3 is 2.34 bits per heavy atom. The van der Waals surface area contributed by atoms with Crippen molar-refractivity contribution < 1.29 is 9.59 Å². The molecule has 1 atom stereocenters. The normalized spacial score (nSPS) is 11.6. The first-order chi connectivity index (χ1) is 13.9. The van der Waals surface area contributed by atoms with Crippen LogP contribution in [0, 0.1) is 6.92 Å². The second-order valence-corrected chi connectivity index (χ2v) is 8.40. The minimum absolute atomic E-state index is 0.105. The summed E-state index contributed by atoms with van der Waals surface area (Å²) in [5.41, 5.74) is 2.95. The quantitative estimate of drug-likeness (QED) is 0.475. The molecule has 2 N–H and O–H groups in total. The summed E-state index contributed by atoms with van der Waals surface area (Å²) in [4.78, 5) is 25.9. The van der Waals surface area contributed by atoms with Crippen molar-refractivity contribution in [1.82, 2.24) is 0 Å². The summed E-state index contributed by atoms with van der Waals surface area (Å²) < 4.78 is 0. The number of carbonyl (C=O) groups is 2. The molecule has 0 fully saturated rings. The van der Waals surface area contributed by atoms with E-state index in [4.69, 9.17) is 11.6 Å². The molecular formula is C23H21ClN2O2S. The Morgan fingerprint density at radius 1 is 0.897 bits per heavy atom. The monoisotopic (exact) mass is 424 g/mol. The molecule has 0 saturated carbocycles. The highest BCUT2D eigenvalue weighted by Crippen LogP contribution is 2.27. The first-order valence-electron chi connectivity index (χ1n) is 9.12. The van der Waals surface area contributed by atoms with E-state index in [0.29, 0.717) is 22.0 Å². The standard InChI is InChI=1S/C23H21ClN2O2S/c1-15-6-3-4-9-21(15)23(28)26-19-7-5-8-20(14-19)29-16(2)22(27)25-18-12-10-17(24)11-13-18/h3-14,16H,1-2H3,(H,25,27)(H,26,28). The zero-order valence-electron chi connectivity index (χ0n) is 16.1. The maximum absolute atomic E-state index is 12.5. The van der Waals surface area contributed by atoms with Crippen LogP contribution in [-0.4, -0.2) is 17.1 Å². The summed E-state index contributed by atoms with van der Waals surface area (Å²) in [6.07, 6.45) is 0. The molecule has 29 heavy (non-hydrogen) atoms. The average Bonchev–Trinajstić information content (AvgIpc) is 2.70. The zero-order valence-corrected chi connectivity index (χ0v) is 17.7. The molecule has 0 aliphatic carbocycles. The molecule has 0 bridgehead atoms. The number of halogens is 1. The van der Waals surface area contributed by atoms with Gasteiger partial charge in [-0.25, -0.2) is 0 Å². The molecule has 3 aromatic carbocycles. The number of hydrogen-bond donors (Lipinski definition) is 2. The van der Waals surface area contributed by atoms with Gasteiger partial charge in [0.2, 0.25) is 5.91 Å². The molecule has 0 saturated heterocycles. The minimum atomic E-state index is -0.312. The van der Waals surface area contributed by atoms with Gasteiger partial charge in [-0.1, -0.05) is 35.9 Å². The van der Waals surface area contributed by atoms with Crippen molar-refractivity contribution in [3.8, 4) is 0 Å². The molecule has 0 heterocycles. The SMILES string of the molecule is Cc1ccccc1C(=O)Nc1cccc(SC(C)C(=O)Nc2ccc(Cl)cc2)c1. The van der Waals surface area contributed by atoms with Crippen molar-refractivity contribution in [2.75, 3.05) is 10.6 Å². The van der Waals surface area contributed by atoms with Crippen molar-refractivity contribution >= 4 is 46.6 Å². The molecule has 0 aromatic heterocycles. The van der Waals surface area contributed by atoms with Crippen LogP contribution in [0.4, 0.5) is 11.4 Å². The lowest BCUT2D eigenvalue weighted by molar-refractivity contribution is -0.115. The Labute approximate surface area is 179 Å². The summed E-state index contributed by atoms with van der Waals surface area (Å²) in [6.45, 7) is 3.75. The first-order valence-corrected chi connectivity index (χ1v) is 10.4. The molecule has 0 radical (unpaired) electrons. The van der Waals surface area contributed by atoms with Gasteiger partial charge in [0.1, 0.15) is 0 Å². The lowest BCUT2D eigenvalue weighted by Gasteiger charge is -2.13. The van der Waals surface area contributed by atoms with Crippen LogP contribution in [0.2, 0.25) is 5.02 Å². The smallest absolute Gasteiger partial charge is 0.255 e. The molecule has 148 valence electrons. The molecule has 0 aliphatic rings. The second-order valence-electron chi connectivity index (χ2n) is 6.55. The molecule has 6 heteroatoms. The number of carbonyl (C=O) groups excluding carboxylic acids is 2.